The summed E-state index contributed by atoms with van der Waals surface area (Å²) in [4.78, 5) is 18.2. The fourth-order valence-electron chi connectivity index (χ4n) is 6.38. The van der Waals surface area contributed by atoms with E-state index in [2.05, 4.69) is 101 Å². The van der Waals surface area contributed by atoms with Crippen LogP contribution in [0.3, 0.4) is 0 Å². The van der Waals surface area contributed by atoms with Gasteiger partial charge in [0.05, 0.1) is 12.7 Å². The van der Waals surface area contributed by atoms with E-state index in [-0.39, 0.29) is 16.4 Å². The molecule has 37 heavy (non-hydrogen) atoms. The number of aromatic nitrogens is 2. The Labute approximate surface area is 225 Å². The van der Waals surface area contributed by atoms with Crippen molar-refractivity contribution in [3.63, 3.8) is 0 Å². The van der Waals surface area contributed by atoms with E-state index in [1.165, 1.54) is 10.4 Å². The highest BCUT2D eigenvalue weighted by Gasteiger charge is 2.52. The second kappa shape index (κ2) is 9.53. The van der Waals surface area contributed by atoms with Gasteiger partial charge in [-0.05, 0) is 52.7 Å². The first-order chi connectivity index (χ1) is 17.9. The maximum Gasteiger partial charge on any atom is 0.261 e. The van der Waals surface area contributed by atoms with Crippen LogP contribution < -0.4 is 20.2 Å². The lowest BCUT2D eigenvalue weighted by Gasteiger charge is -2.46. The Balaban J connectivity index is 1.28. The molecule has 0 unspecified atom stereocenters. The molecule has 1 aromatic heterocycles. The molecule has 0 spiro atoms. The van der Waals surface area contributed by atoms with E-state index in [4.69, 9.17) is 21.0 Å². The molecule has 2 aliphatic heterocycles. The molecule has 3 heterocycles. The van der Waals surface area contributed by atoms with Gasteiger partial charge in [-0.3, -0.25) is 9.89 Å². The lowest BCUT2D eigenvalue weighted by atomic mass is 9.92. The van der Waals surface area contributed by atoms with Crippen molar-refractivity contribution in [3.05, 3.63) is 72.1 Å². The van der Waals surface area contributed by atoms with Crippen molar-refractivity contribution in [2.75, 3.05) is 22.9 Å². The summed E-state index contributed by atoms with van der Waals surface area (Å²) in [5, 5.41) is 2.94. The number of rotatable bonds is 5. The Morgan fingerprint density at radius 2 is 1.54 bits per heavy atom. The second-order valence-electron chi connectivity index (χ2n) is 11.3. The first-order valence-electron chi connectivity index (χ1n) is 13.3. The Kier molecular flexibility index (Phi) is 6.33. The highest BCUT2D eigenvalue weighted by molar-refractivity contribution is 6.99. The topological polar surface area (TPSA) is 53.9 Å². The van der Waals surface area contributed by atoms with Gasteiger partial charge >= 0.3 is 0 Å². The minimum atomic E-state index is -2.56. The van der Waals surface area contributed by atoms with Crippen LogP contribution in [0.5, 0.6) is 0 Å². The summed E-state index contributed by atoms with van der Waals surface area (Å²) in [7, 11) is -2.56. The second-order valence-corrected chi connectivity index (χ2v) is 15.9. The predicted molar refractivity (Wildman–Crippen MR) is 154 cm³/mol. The highest BCUT2D eigenvalue weighted by Crippen LogP contribution is 2.43. The molecule has 6 rings (SSSR count). The van der Waals surface area contributed by atoms with Gasteiger partial charge in [0.15, 0.2) is 5.82 Å². The van der Waals surface area contributed by atoms with E-state index in [9.17, 15) is 0 Å². The van der Waals surface area contributed by atoms with E-state index in [1.807, 2.05) is 6.20 Å². The van der Waals surface area contributed by atoms with Crippen molar-refractivity contribution >= 4 is 47.8 Å². The van der Waals surface area contributed by atoms with Crippen LogP contribution in [0.1, 0.15) is 46.5 Å². The van der Waals surface area contributed by atoms with Crippen LogP contribution >= 0.6 is 11.6 Å². The molecular formula is C29H34ClN5OSi. The highest BCUT2D eigenvalue weighted by atomic mass is 35.5. The molecule has 0 saturated heterocycles. The van der Waals surface area contributed by atoms with Crippen LogP contribution in [-0.4, -0.2) is 49.5 Å². The summed E-state index contributed by atoms with van der Waals surface area (Å²) in [5.74, 6) is 1.90. The van der Waals surface area contributed by atoms with Gasteiger partial charge in [0, 0.05) is 18.7 Å². The number of hydrogen-bond acceptors (Lipinski definition) is 6. The molecule has 2 aromatic carbocycles. The predicted octanol–water partition coefficient (Wildman–Crippen LogP) is 5.01. The standard InChI is InChI=1S/C29H34ClN5OSi/c1-29(2,3)37(23-10-6-4-7-11-23,24-12-8-5-9-13-24)36-22-16-14-21(15-17-22)35-26-25(20-32-27(30)33-26)34-19-18-31-28(34)35/h4-13,20-22H,14-19H2,1-3H3. The zero-order valence-corrected chi connectivity index (χ0v) is 23.5. The number of benzene rings is 2. The first-order valence-corrected chi connectivity index (χ1v) is 15.6. The number of hydrogen-bond donors (Lipinski definition) is 0. The van der Waals surface area contributed by atoms with Crippen LogP contribution in [0.15, 0.2) is 71.9 Å². The van der Waals surface area contributed by atoms with Crippen LogP contribution in [-0.2, 0) is 4.43 Å². The van der Waals surface area contributed by atoms with Gasteiger partial charge < -0.3 is 9.33 Å². The Bertz CT molecular complexity index is 1250. The lowest BCUT2D eigenvalue weighted by Crippen LogP contribution is -2.68. The molecule has 3 aliphatic rings. The Morgan fingerprint density at radius 3 is 2.14 bits per heavy atom. The number of anilines is 2. The minimum Gasteiger partial charge on any atom is -0.404 e. The number of aliphatic imine (C=N–C) groups is 1. The molecule has 3 aromatic rings. The third-order valence-corrected chi connectivity index (χ3v) is 13.3. The van der Waals surface area contributed by atoms with Crippen molar-refractivity contribution in [1.82, 2.24) is 9.97 Å². The maximum absolute atomic E-state index is 7.43. The van der Waals surface area contributed by atoms with E-state index in [1.54, 1.807) is 0 Å². The number of halogens is 1. The Hall–Kier alpha value is -2.74. The largest absolute Gasteiger partial charge is 0.404 e. The number of fused-ring (bicyclic) bond motifs is 3. The molecule has 192 valence electrons. The van der Waals surface area contributed by atoms with Crippen LogP contribution in [0, 0.1) is 0 Å². The molecule has 0 amide bonds. The maximum atomic E-state index is 7.43. The third-order valence-electron chi connectivity index (χ3n) is 8.04. The van der Waals surface area contributed by atoms with Crippen molar-refractivity contribution in [2.24, 2.45) is 4.99 Å². The van der Waals surface area contributed by atoms with Crippen LogP contribution in [0.25, 0.3) is 0 Å². The molecule has 6 nitrogen and oxygen atoms in total. The van der Waals surface area contributed by atoms with Gasteiger partial charge in [0.1, 0.15) is 5.69 Å². The molecule has 0 bridgehead atoms. The molecule has 1 aliphatic carbocycles. The van der Waals surface area contributed by atoms with Gasteiger partial charge in [0.25, 0.3) is 8.32 Å². The SMILES string of the molecule is CC(C)(C)[Si](OC1CCC(N2C3=NCCN3c3cnc(Cl)nc32)CC1)(c1ccccc1)c1ccccc1. The van der Waals surface area contributed by atoms with Gasteiger partial charge in [-0.2, -0.15) is 4.98 Å². The van der Waals surface area contributed by atoms with Gasteiger partial charge in [-0.25, -0.2) is 4.98 Å². The van der Waals surface area contributed by atoms with E-state index in [0.29, 0.717) is 6.04 Å². The summed E-state index contributed by atoms with van der Waals surface area (Å²) in [6.45, 7) is 8.73. The zero-order valence-electron chi connectivity index (χ0n) is 21.8. The van der Waals surface area contributed by atoms with Crippen LogP contribution in [0.2, 0.25) is 10.3 Å². The smallest absolute Gasteiger partial charge is 0.261 e. The normalized spacial score (nSPS) is 21.6. The molecule has 1 saturated carbocycles. The fourth-order valence-corrected chi connectivity index (χ4v) is 11.3. The Morgan fingerprint density at radius 1 is 0.919 bits per heavy atom. The molecule has 1 fully saturated rings. The zero-order chi connectivity index (χ0) is 25.6. The van der Waals surface area contributed by atoms with Crippen molar-refractivity contribution in [2.45, 2.75) is 63.6 Å². The summed E-state index contributed by atoms with van der Waals surface area (Å²) in [6.07, 6.45) is 6.11. The van der Waals surface area contributed by atoms with Crippen molar-refractivity contribution in [1.29, 1.82) is 0 Å². The molecule has 8 heteroatoms. The number of guanidine groups is 1. The molecular weight excluding hydrogens is 498 g/mol. The van der Waals surface area contributed by atoms with Crippen LogP contribution in [0.4, 0.5) is 11.5 Å². The van der Waals surface area contributed by atoms with Gasteiger partial charge in [0.2, 0.25) is 11.2 Å². The van der Waals surface area contributed by atoms with Gasteiger partial charge in [-0.1, -0.05) is 81.4 Å². The molecule has 0 radical (unpaired) electrons. The molecule has 0 N–H and O–H groups in total. The first kappa shape index (κ1) is 24.6. The van der Waals surface area contributed by atoms with E-state index in [0.717, 1.165) is 56.2 Å². The lowest BCUT2D eigenvalue weighted by molar-refractivity contribution is 0.136. The fraction of sp³-hybridized carbons (Fsp3) is 0.414. The summed E-state index contributed by atoms with van der Waals surface area (Å²) in [5.41, 5.74) is 1.02. The van der Waals surface area contributed by atoms with E-state index < -0.39 is 8.32 Å². The monoisotopic (exact) mass is 531 g/mol. The summed E-state index contributed by atoms with van der Waals surface area (Å²) in [6, 6.07) is 22.2. The molecule has 0 atom stereocenters. The average Bonchev–Trinajstić information content (AvgIpc) is 3.49. The average molecular weight is 532 g/mol. The summed E-state index contributed by atoms with van der Waals surface area (Å²) >= 11 is 6.22. The van der Waals surface area contributed by atoms with Crippen molar-refractivity contribution in [3.8, 4) is 0 Å². The minimum absolute atomic E-state index is 0.0206. The quantitative estimate of drug-likeness (QED) is 0.342. The van der Waals surface area contributed by atoms with Gasteiger partial charge in [-0.15, -0.1) is 0 Å². The number of nitrogens with zero attached hydrogens (tertiary/aromatic N) is 5. The van der Waals surface area contributed by atoms with Crippen molar-refractivity contribution < 1.29 is 4.43 Å². The van der Waals surface area contributed by atoms with E-state index >= 15 is 0 Å². The summed E-state index contributed by atoms with van der Waals surface area (Å²) < 4.78 is 7.43. The third kappa shape index (κ3) is 4.17.